The highest BCUT2D eigenvalue weighted by atomic mass is 16.4. The van der Waals surface area contributed by atoms with Gasteiger partial charge in [-0.05, 0) is 13.0 Å². The molecule has 2 heterocycles. The predicted molar refractivity (Wildman–Crippen MR) is 53.4 cm³/mol. The monoisotopic (exact) mass is 226 g/mol. The van der Waals surface area contributed by atoms with E-state index in [4.69, 9.17) is 5.11 Å². The van der Waals surface area contributed by atoms with Gasteiger partial charge in [0.25, 0.3) is 0 Å². The Morgan fingerprint density at radius 1 is 1.38 bits per heavy atom. The molecule has 0 saturated carbocycles. The van der Waals surface area contributed by atoms with Crippen LogP contribution in [0.15, 0.2) is 0 Å². The average molecular weight is 226 g/mol. The second-order valence-corrected chi connectivity index (χ2v) is 4.30. The molecule has 2 fully saturated rings. The van der Waals surface area contributed by atoms with E-state index in [1.54, 1.807) is 0 Å². The number of piperidine rings is 1. The number of carboxylic acid groups (broad SMARTS) is 1. The van der Waals surface area contributed by atoms with Gasteiger partial charge in [0.2, 0.25) is 11.8 Å². The van der Waals surface area contributed by atoms with Crippen molar-refractivity contribution in [2.45, 2.75) is 12.8 Å². The highest BCUT2D eigenvalue weighted by molar-refractivity contribution is 6.05. The molecule has 6 heteroatoms. The van der Waals surface area contributed by atoms with Crippen LogP contribution >= 0.6 is 0 Å². The maximum Gasteiger partial charge on any atom is 0.304 e. The van der Waals surface area contributed by atoms with Crippen LogP contribution in [0.4, 0.5) is 0 Å². The first-order chi connectivity index (χ1) is 7.58. The number of likely N-dealkylation sites (tertiary alicyclic amines) is 1. The van der Waals surface area contributed by atoms with Crippen LogP contribution < -0.4 is 5.32 Å². The molecule has 0 spiro atoms. The van der Waals surface area contributed by atoms with E-state index >= 15 is 0 Å². The molecular weight excluding hydrogens is 212 g/mol. The molecule has 0 unspecified atom stereocenters. The van der Waals surface area contributed by atoms with Crippen molar-refractivity contribution in [2.75, 3.05) is 19.6 Å². The standard InChI is InChI=1S/C10H14N2O4/c13-8(14)2-4-12-3-1-6-7(5-12)10(16)11-9(6)15/h6-7H,1-5H2,(H,13,14)(H,11,15,16)/t6-,7+/m0/s1. The molecule has 2 saturated heterocycles. The fraction of sp³-hybridized carbons (Fsp3) is 0.700. The van der Waals surface area contributed by atoms with E-state index in [1.807, 2.05) is 4.90 Å². The fourth-order valence-corrected chi connectivity index (χ4v) is 2.36. The minimum absolute atomic E-state index is 0.0763. The third kappa shape index (κ3) is 2.06. The number of carbonyl (C=O) groups is 3. The number of carboxylic acids is 1. The van der Waals surface area contributed by atoms with Gasteiger partial charge < -0.3 is 10.0 Å². The number of nitrogens with zero attached hydrogens (tertiary/aromatic N) is 1. The van der Waals surface area contributed by atoms with E-state index in [9.17, 15) is 14.4 Å². The lowest BCUT2D eigenvalue weighted by atomic mass is 9.88. The number of fused-ring (bicyclic) bond motifs is 1. The molecule has 0 aromatic carbocycles. The van der Waals surface area contributed by atoms with Crippen LogP contribution in [-0.2, 0) is 14.4 Å². The van der Waals surface area contributed by atoms with Gasteiger partial charge in [-0.15, -0.1) is 0 Å². The lowest BCUT2D eigenvalue weighted by molar-refractivity contribution is -0.137. The molecule has 0 aliphatic carbocycles. The lowest BCUT2D eigenvalue weighted by Gasteiger charge is -2.31. The van der Waals surface area contributed by atoms with Crippen molar-refractivity contribution < 1.29 is 19.5 Å². The number of nitrogens with one attached hydrogen (secondary N) is 1. The number of rotatable bonds is 3. The number of imide groups is 1. The first-order valence-corrected chi connectivity index (χ1v) is 5.37. The Bertz CT molecular complexity index is 342. The minimum atomic E-state index is -0.839. The minimum Gasteiger partial charge on any atom is -0.481 e. The average Bonchev–Trinajstić information content (AvgIpc) is 2.52. The molecule has 2 aliphatic heterocycles. The molecule has 0 aromatic rings. The second kappa shape index (κ2) is 4.21. The summed E-state index contributed by atoms with van der Waals surface area (Å²) in [5, 5.41) is 10.9. The molecule has 2 N–H and O–H groups in total. The maximum atomic E-state index is 11.4. The van der Waals surface area contributed by atoms with Gasteiger partial charge in [-0.2, -0.15) is 0 Å². The predicted octanol–water partition coefficient (Wildman–Crippen LogP) is -0.944. The van der Waals surface area contributed by atoms with E-state index in [2.05, 4.69) is 5.32 Å². The van der Waals surface area contributed by atoms with Gasteiger partial charge in [0.1, 0.15) is 0 Å². The maximum absolute atomic E-state index is 11.4. The summed E-state index contributed by atoms with van der Waals surface area (Å²) in [6.45, 7) is 1.63. The summed E-state index contributed by atoms with van der Waals surface area (Å²) in [4.78, 5) is 35.1. The fourth-order valence-electron chi connectivity index (χ4n) is 2.36. The zero-order valence-corrected chi connectivity index (χ0v) is 8.81. The molecule has 2 aliphatic rings. The van der Waals surface area contributed by atoms with E-state index in [0.717, 1.165) is 0 Å². The van der Waals surface area contributed by atoms with E-state index in [0.29, 0.717) is 26.1 Å². The molecule has 0 radical (unpaired) electrons. The highest BCUT2D eigenvalue weighted by Crippen LogP contribution is 2.28. The number of aliphatic carboxylic acids is 1. The van der Waals surface area contributed by atoms with Gasteiger partial charge in [0.05, 0.1) is 18.3 Å². The molecule has 2 rings (SSSR count). The summed E-state index contributed by atoms with van der Waals surface area (Å²) in [6.07, 6.45) is 0.717. The van der Waals surface area contributed by atoms with Gasteiger partial charge in [-0.25, -0.2) is 0 Å². The van der Waals surface area contributed by atoms with Crippen molar-refractivity contribution in [3.05, 3.63) is 0 Å². The van der Waals surface area contributed by atoms with Crippen LogP contribution in [-0.4, -0.2) is 47.4 Å². The van der Waals surface area contributed by atoms with Crippen molar-refractivity contribution in [1.29, 1.82) is 0 Å². The normalized spacial score (nSPS) is 30.0. The molecule has 88 valence electrons. The number of hydrogen-bond acceptors (Lipinski definition) is 4. The van der Waals surface area contributed by atoms with Crippen LogP contribution in [0, 0.1) is 11.8 Å². The lowest BCUT2D eigenvalue weighted by Crippen LogP contribution is -2.42. The number of carbonyl (C=O) groups excluding carboxylic acids is 2. The van der Waals surface area contributed by atoms with Crippen molar-refractivity contribution in [1.82, 2.24) is 10.2 Å². The number of amides is 2. The smallest absolute Gasteiger partial charge is 0.304 e. The molecule has 0 aromatic heterocycles. The molecular formula is C10H14N2O4. The molecule has 2 atom stereocenters. The van der Waals surface area contributed by atoms with E-state index < -0.39 is 5.97 Å². The molecule has 0 bridgehead atoms. The van der Waals surface area contributed by atoms with E-state index in [1.165, 1.54) is 0 Å². The zero-order valence-electron chi connectivity index (χ0n) is 8.81. The highest BCUT2D eigenvalue weighted by Gasteiger charge is 2.44. The van der Waals surface area contributed by atoms with Gasteiger partial charge >= 0.3 is 5.97 Å². The summed E-state index contributed by atoms with van der Waals surface area (Å²) in [5.74, 6) is -1.71. The Balaban J connectivity index is 1.92. The quantitative estimate of drug-likeness (QED) is 0.606. The topological polar surface area (TPSA) is 86.7 Å². The van der Waals surface area contributed by atoms with Crippen LogP contribution in [0.1, 0.15) is 12.8 Å². The summed E-state index contributed by atoms with van der Waals surface area (Å²) in [5.41, 5.74) is 0. The Hall–Kier alpha value is -1.43. The summed E-state index contributed by atoms with van der Waals surface area (Å²) in [6, 6.07) is 0. The Kier molecular flexibility index (Phi) is 2.91. The van der Waals surface area contributed by atoms with Gasteiger partial charge in [0, 0.05) is 13.1 Å². The van der Waals surface area contributed by atoms with Crippen molar-refractivity contribution in [2.24, 2.45) is 11.8 Å². The number of hydrogen-bond donors (Lipinski definition) is 2. The van der Waals surface area contributed by atoms with Crippen LogP contribution in [0.25, 0.3) is 0 Å². The van der Waals surface area contributed by atoms with Crippen molar-refractivity contribution in [3.8, 4) is 0 Å². The summed E-state index contributed by atoms with van der Waals surface area (Å²) >= 11 is 0. The zero-order chi connectivity index (χ0) is 11.7. The Morgan fingerprint density at radius 3 is 2.75 bits per heavy atom. The second-order valence-electron chi connectivity index (χ2n) is 4.30. The van der Waals surface area contributed by atoms with Crippen molar-refractivity contribution >= 4 is 17.8 Å². The Morgan fingerprint density at radius 2 is 2.06 bits per heavy atom. The first kappa shape index (κ1) is 11.1. The molecule has 6 nitrogen and oxygen atoms in total. The summed E-state index contributed by atoms with van der Waals surface area (Å²) in [7, 11) is 0. The molecule has 2 amide bonds. The molecule has 16 heavy (non-hydrogen) atoms. The third-order valence-electron chi connectivity index (χ3n) is 3.26. The first-order valence-electron chi connectivity index (χ1n) is 5.37. The van der Waals surface area contributed by atoms with Gasteiger partial charge in [-0.1, -0.05) is 0 Å². The van der Waals surface area contributed by atoms with Gasteiger partial charge in [0.15, 0.2) is 0 Å². The van der Waals surface area contributed by atoms with E-state index in [-0.39, 0.29) is 30.1 Å². The third-order valence-corrected chi connectivity index (χ3v) is 3.26. The van der Waals surface area contributed by atoms with Crippen LogP contribution in [0.3, 0.4) is 0 Å². The van der Waals surface area contributed by atoms with Crippen LogP contribution in [0.5, 0.6) is 0 Å². The Labute approximate surface area is 92.6 Å². The van der Waals surface area contributed by atoms with Crippen LogP contribution in [0.2, 0.25) is 0 Å². The van der Waals surface area contributed by atoms with Crippen molar-refractivity contribution in [3.63, 3.8) is 0 Å². The van der Waals surface area contributed by atoms with Gasteiger partial charge in [-0.3, -0.25) is 19.7 Å². The largest absolute Gasteiger partial charge is 0.481 e. The SMILES string of the molecule is O=C(O)CCN1CC[C@@H]2C(=O)NC(=O)[C@@H]2C1. The summed E-state index contributed by atoms with van der Waals surface area (Å²) < 4.78 is 0.